The van der Waals surface area contributed by atoms with Crippen LogP contribution >= 0.6 is 11.3 Å². The largest absolute Gasteiger partial charge is 0.359 e. The van der Waals surface area contributed by atoms with Gasteiger partial charge in [-0.2, -0.15) is 0 Å². The predicted octanol–water partition coefficient (Wildman–Crippen LogP) is 1.36. The number of nitrogens with zero attached hydrogens (tertiary/aromatic N) is 1. The fourth-order valence-electron chi connectivity index (χ4n) is 1.59. The maximum Gasteiger partial charge on any atom is 0.183 e. The van der Waals surface area contributed by atoms with Crippen molar-refractivity contribution in [3.8, 4) is 0 Å². The van der Waals surface area contributed by atoms with Gasteiger partial charge >= 0.3 is 0 Å². The van der Waals surface area contributed by atoms with Crippen molar-refractivity contribution in [2.24, 2.45) is 0 Å². The molecule has 2 N–H and O–H groups in total. The second kappa shape index (κ2) is 2.96. The predicted molar refractivity (Wildman–Crippen MR) is 54.2 cm³/mol. The number of anilines is 1. The molecule has 0 atom stereocenters. The zero-order chi connectivity index (χ0) is 8.67. The van der Waals surface area contributed by atoms with Gasteiger partial charge in [0.05, 0.1) is 5.69 Å². The first-order chi connectivity index (χ1) is 6.42. The fourth-order valence-corrected chi connectivity index (χ4v) is 2.64. The summed E-state index contributed by atoms with van der Waals surface area (Å²) in [6.45, 7) is 2.07. The number of rotatable bonds is 2. The lowest BCUT2D eigenvalue weighted by Crippen LogP contribution is -2.22. The van der Waals surface area contributed by atoms with E-state index in [0.717, 1.165) is 30.7 Å². The minimum atomic E-state index is 0.723. The summed E-state index contributed by atoms with van der Waals surface area (Å²) in [6.07, 6.45) is 3.80. The molecule has 2 aliphatic rings. The number of nitrogens with one attached hydrogen (secondary N) is 2. The van der Waals surface area contributed by atoms with Crippen molar-refractivity contribution in [2.45, 2.75) is 31.8 Å². The zero-order valence-corrected chi connectivity index (χ0v) is 8.28. The SMILES string of the molecule is C1Cc2sc(NC3CC3)nc2CN1. The number of hydrogen-bond donors (Lipinski definition) is 2. The molecule has 4 heteroatoms. The molecule has 1 saturated carbocycles. The van der Waals surface area contributed by atoms with E-state index in [0.29, 0.717) is 0 Å². The highest BCUT2D eigenvalue weighted by Gasteiger charge is 2.23. The van der Waals surface area contributed by atoms with E-state index in [2.05, 4.69) is 15.6 Å². The number of hydrogen-bond acceptors (Lipinski definition) is 4. The van der Waals surface area contributed by atoms with Crippen molar-refractivity contribution in [3.05, 3.63) is 10.6 Å². The molecule has 1 aliphatic carbocycles. The summed E-state index contributed by atoms with van der Waals surface area (Å²) in [6, 6.07) is 0.723. The Hall–Kier alpha value is -0.610. The Labute approximate surface area is 81.6 Å². The van der Waals surface area contributed by atoms with Crippen molar-refractivity contribution in [3.63, 3.8) is 0 Å². The van der Waals surface area contributed by atoms with E-state index in [9.17, 15) is 0 Å². The molecule has 0 radical (unpaired) electrons. The standard InChI is InChI=1S/C9H13N3S/c1-2-6(1)11-9-12-7-5-10-4-3-8(7)13-9/h6,10H,1-5H2,(H,11,12). The number of aromatic nitrogens is 1. The van der Waals surface area contributed by atoms with Crippen LogP contribution in [0.5, 0.6) is 0 Å². The van der Waals surface area contributed by atoms with E-state index in [1.54, 1.807) is 0 Å². The first-order valence-corrected chi connectivity index (χ1v) is 5.69. The van der Waals surface area contributed by atoms with Gasteiger partial charge < -0.3 is 10.6 Å². The molecular formula is C9H13N3S. The lowest BCUT2D eigenvalue weighted by molar-refractivity contribution is 0.639. The molecular weight excluding hydrogens is 182 g/mol. The smallest absolute Gasteiger partial charge is 0.183 e. The first kappa shape index (κ1) is 7.76. The highest BCUT2D eigenvalue weighted by atomic mass is 32.1. The van der Waals surface area contributed by atoms with Crippen LogP contribution in [0, 0.1) is 0 Å². The Balaban J connectivity index is 1.81. The van der Waals surface area contributed by atoms with Crippen molar-refractivity contribution in [1.29, 1.82) is 0 Å². The summed E-state index contributed by atoms with van der Waals surface area (Å²) in [5, 5.41) is 7.93. The average molecular weight is 195 g/mol. The first-order valence-electron chi connectivity index (χ1n) is 4.87. The van der Waals surface area contributed by atoms with E-state index in [4.69, 9.17) is 0 Å². The molecule has 13 heavy (non-hydrogen) atoms. The van der Waals surface area contributed by atoms with E-state index in [1.165, 1.54) is 23.4 Å². The van der Waals surface area contributed by atoms with Gasteiger partial charge in [-0.1, -0.05) is 0 Å². The van der Waals surface area contributed by atoms with E-state index in [-0.39, 0.29) is 0 Å². The molecule has 3 nitrogen and oxygen atoms in total. The molecule has 1 aliphatic heterocycles. The molecule has 0 unspecified atom stereocenters. The zero-order valence-electron chi connectivity index (χ0n) is 7.47. The monoisotopic (exact) mass is 195 g/mol. The highest BCUT2D eigenvalue weighted by Crippen LogP contribution is 2.30. The van der Waals surface area contributed by atoms with Gasteiger partial charge in [-0.3, -0.25) is 0 Å². The van der Waals surface area contributed by atoms with Crippen LogP contribution in [0.2, 0.25) is 0 Å². The van der Waals surface area contributed by atoms with Crippen molar-refractivity contribution in [2.75, 3.05) is 11.9 Å². The third kappa shape index (κ3) is 1.56. The summed E-state index contributed by atoms with van der Waals surface area (Å²) in [4.78, 5) is 6.05. The van der Waals surface area contributed by atoms with Gasteiger partial charge in [0.1, 0.15) is 0 Å². The van der Waals surface area contributed by atoms with Gasteiger partial charge in [0.15, 0.2) is 5.13 Å². The molecule has 1 fully saturated rings. The highest BCUT2D eigenvalue weighted by molar-refractivity contribution is 7.15. The van der Waals surface area contributed by atoms with Crippen LogP contribution in [0.1, 0.15) is 23.4 Å². The molecule has 0 spiro atoms. The Morgan fingerprint density at radius 3 is 3.15 bits per heavy atom. The maximum atomic E-state index is 4.58. The van der Waals surface area contributed by atoms with E-state index < -0.39 is 0 Å². The Morgan fingerprint density at radius 2 is 2.38 bits per heavy atom. The van der Waals surface area contributed by atoms with Gasteiger partial charge in [-0.25, -0.2) is 4.98 Å². The number of fused-ring (bicyclic) bond motifs is 1. The maximum absolute atomic E-state index is 4.58. The Kier molecular flexibility index (Phi) is 1.77. The van der Waals surface area contributed by atoms with Crippen LogP contribution in [0.4, 0.5) is 5.13 Å². The summed E-state index contributed by atoms with van der Waals surface area (Å²) >= 11 is 1.84. The van der Waals surface area contributed by atoms with Gasteiger partial charge in [0.25, 0.3) is 0 Å². The van der Waals surface area contributed by atoms with Gasteiger partial charge in [0.2, 0.25) is 0 Å². The Bertz CT molecular complexity index is 293. The molecule has 0 bridgehead atoms. The molecule has 1 aromatic rings. The molecule has 0 amide bonds. The topological polar surface area (TPSA) is 37.0 Å². The van der Waals surface area contributed by atoms with Crippen LogP contribution < -0.4 is 10.6 Å². The number of thiazole rings is 1. The third-order valence-corrected chi connectivity index (χ3v) is 3.59. The van der Waals surface area contributed by atoms with E-state index >= 15 is 0 Å². The van der Waals surface area contributed by atoms with Gasteiger partial charge in [0, 0.05) is 24.0 Å². The van der Waals surface area contributed by atoms with Crippen LogP contribution in [0.3, 0.4) is 0 Å². The van der Waals surface area contributed by atoms with Crippen molar-refractivity contribution in [1.82, 2.24) is 10.3 Å². The van der Waals surface area contributed by atoms with Crippen LogP contribution in [-0.2, 0) is 13.0 Å². The second-order valence-corrected chi connectivity index (χ2v) is 4.82. The fraction of sp³-hybridized carbons (Fsp3) is 0.667. The van der Waals surface area contributed by atoms with Crippen molar-refractivity contribution >= 4 is 16.5 Å². The molecule has 0 aromatic carbocycles. The third-order valence-electron chi connectivity index (χ3n) is 2.50. The summed E-state index contributed by atoms with van der Waals surface area (Å²) in [5.74, 6) is 0. The van der Waals surface area contributed by atoms with Crippen molar-refractivity contribution < 1.29 is 0 Å². The summed E-state index contributed by atoms with van der Waals surface area (Å²) in [7, 11) is 0. The lowest BCUT2D eigenvalue weighted by Gasteiger charge is -2.09. The van der Waals surface area contributed by atoms with Gasteiger partial charge in [-0.15, -0.1) is 11.3 Å². The quantitative estimate of drug-likeness (QED) is 0.748. The molecule has 2 heterocycles. The summed E-state index contributed by atoms with van der Waals surface area (Å²) < 4.78 is 0. The molecule has 70 valence electrons. The Morgan fingerprint density at radius 1 is 1.46 bits per heavy atom. The van der Waals surface area contributed by atoms with Crippen LogP contribution in [0.15, 0.2) is 0 Å². The minimum Gasteiger partial charge on any atom is -0.359 e. The van der Waals surface area contributed by atoms with Crippen LogP contribution in [-0.4, -0.2) is 17.6 Å². The summed E-state index contributed by atoms with van der Waals surface area (Å²) in [5.41, 5.74) is 1.26. The minimum absolute atomic E-state index is 0.723. The lowest BCUT2D eigenvalue weighted by atomic mass is 10.2. The van der Waals surface area contributed by atoms with Crippen LogP contribution in [0.25, 0.3) is 0 Å². The van der Waals surface area contributed by atoms with Gasteiger partial charge in [-0.05, 0) is 19.3 Å². The molecule has 1 aromatic heterocycles. The molecule has 3 rings (SSSR count). The normalized spacial score (nSPS) is 21.2. The average Bonchev–Trinajstić information content (AvgIpc) is 2.85. The second-order valence-electron chi connectivity index (χ2n) is 3.73. The van der Waals surface area contributed by atoms with E-state index in [1.807, 2.05) is 11.3 Å². The molecule has 0 saturated heterocycles.